The highest BCUT2D eigenvalue weighted by molar-refractivity contribution is 7.88. The van der Waals surface area contributed by atoms with Gasteiger partial charge in [0.25, 0.3) is 0 Å². The van der Waals surface area contributed by atoms with Gasteiger partial charge >= 0.3 is 32.5 Å². The first-order valence-corrected chi connectivity index (χ1v) is 20.3. The van der Waals surface area contributed by atoms with Crippen molar-refractivity contribution < 1.29 is 39.5 Å². The molecule has 0 bridgehead atoms. The van der Waals surface area contributed by atoms with Crippen LogP contribution in [-0.2, 0) is 51.4 Å². The predicted octanol–water partition coefficient (Wildman–Crippen LogP) is 3.00. The smallest absolute Gasteiger partial charge is 0.412 e. The van der Waals surface area contributed by atoms with Crippen molar-refractivity contribution in [1.29, 1.82) is 0 Å². The summed E-state index contributed by atoms with van der Waals surface area (Å²) >= 11 is 0. The van der Waals surface area contributed by atoms with Crippen molar-refractivity contribution in [3.63, 3.8) is 0 Å². The van der Waals surface area contributed by atoms with Gasteiger partial charge in [0, 0.05) is 61.1 Å². The summed E-state index contributed by atoms with van der Waals surface area (Å²) in [5, 5.41) is 4.86. The van der Waals surface area contributed by atoms with Crippen LogP contribution in [0.15, 0.2) is 60.7 Å². The SMILES string of the molecule is COc1ccc(-c2cc3c(n2-c2ccc(/C(=C\C(=O)OS(N)(=O)=O)C(=O)OS(=O)(=O)Nc4nc(C)cc(C)n4)cc2)CCC(N2CCN(C)CC2)C3)cc1C. The Hall–Kier alpha value is -5.14. The van der Waals surface area contributed by atoms with Gasteiger partial charge < -0.3 is 22.6 Å². The standard InChI is InChI=1S/C37H43N7O9S2/c1-23-18-27(8-13-34(23)51-5)33-21-28-20-30(43-16-14-42(4)15-17-43)11-12-32(28)44(33)29-9-6-26(7-10-29)31(22-35(45)52-54(38,47)48)36(46)53-55(49,50)41-37-39-24(2)19-25(3)40-37/h6-10,13,18-19,21-22,30H,11-12,14-17,20H2,1-5H3,(H2,38,47,48)(H,39,40,41)/b31-22+. The number of anilines is 1. The Labute approximate surface area is 320 Å². The maximum absolute atomic E-state index is 13.4. The van der Waals surface area contributed by atoms with E-state index in [1.54, 1.807) is 39.2 Å². The highest BCUT2D eigenvalue weighted by Gasteiger charge is 2.31. The molecule has 6 rings (SSSR count). The number of fused-ring (bicyclic) bond motifs is 1. The predicted molar refractivity (Wildman–Crippen MR) is 205 cm³/mol. The second kappa shape index (κ2) is 15.9. The number of methoxy groups -OCH3 is 1. The highest BCUT2D eigenvalue weighted by Crippen LogP contribution is 2.37. The number of nitrogens with one attached hydrogen (secondary N) is 1. The van der Waals surface area contributed by atoms with Crippen LogP contribution in [0.3, 0.4) is 0 Å². The van der Waals surface area contributed by atoms with Crippen LogP contribution in [0.5, 0.6) is 5.75 Å². The average molecular weight is 794 g/mol. The molecule has 1 aliphatic heterocycles. The molecule has 1 unspecified atom stereocenters. The van der Waals surface area contributed by atoms with Crippen molar-refractivity contribution in [2.45, 2.75) is 46.1 Å². The molecule has 18 heteroatoms. The fraction of sp³-hybridized carbons (Fsp3) is 0.351. The Balaban J connectivity index is 1.36. The molecule has 0 radical (unpaired) electrons. The summed E-state index contributed by atoms with van der Waals surface area (Å²) in [6.07, 6.45) is 3.16. The van der Waals surface area contributed by atoms with Gasteiger partial charge in [-0.05, 0) is 112 Å². The molecule has 1 aliphatic carbocycles. The zero-order valence-corrected chi connectivity index (χ0v) is 32.7. The lowest BCUT2D eigenvalue weighted by Crippen LogP contribution is -2.50. The number of hydrogen-bond donors (Lipinski definition) is 2. The van der Waals surface area contributed by atoms with Crippen LogP contribution >= 0.6 is 0 Å². The number of aryl methyl sites for hydroxylation is 3. The van der Waals surface area contributed by atoms with E-state index in [0.717, 1.165) is 79.4 Å². The lowest BCUT2D eigenvalue weighted by Gasteiger charge is -2.39. The first-order chi connectivity index (χ1) is 26.0. The van der Waals surface area contributed by atoms with Gasteiger partial charge in [-0.15, -0.1) is 0 Å². The molecule has 292 valence electrons. The maximum atomic E-state index is 13.4. The fourth-order valence-corrected chi connectivity index (χ4v) is 8.03. The zero-order valence-electron chi connectivity index (χ0n) is 31.1. The summed E-state index contributed by atoms with van der Waals surface area (Å²) < 4.78 is 67.4. The molecule has 2 aromatic heterocycles. The van der Waals surface area contributed by atoms with Crippen molar-refractivity contribution in [3.05, 3.63) is 94.4 Å². The van der Waals surface area contributed by atoms with E-state index in [2.05, 4.69) is 47.7 Å². The van der Waals surface area contributed by atoms with Gasteiger partial charge in [0.05, 0.1) is 18.4 Å². The second-order valence-electron chi connectivity index (χ2n) is 13.7. The first kappa shape index (κ1) is 39.6. The number of ether oxygens (including phenoxy) is 1. The summed E-state index contributed by atoms with van der Waals surface area (Å²) in [6, 6.07) is 16.6. The molecule has 0 saturated carbocycles. The summed E-state index contributed by atoms with van der Waals surface area (Å²) in [6.45, 7) is 9.31. The van der Waals surface area contributed by atoms with Crippen LogP contribution in [-0.4, -0.2) is 99.5 Å². The van der Waals surface area contributed by atoms with Crippen molar-refractivity contribution in [2.75, 3.05) is 45.1 Å². The van der Waals surface area contributed by atoms with Gasteiger partial charge in [0.15, 0.2) is 0 Å². The fourth-order valence-electron chi connectivity index (χ4n) is 7.11. The Morgan fingerprint density at radius 2 is 1.58 bits per heavy atom. The number of nitrogens with zero attached hydrogens (tertiary/aromatic N) is 5. The van der Waals surface area contributed by atoms with Crippen LogP contribution < -0.4 is 14.6 Å². The summed E-state index contributed by atoms with van der Waals surface area (Å²) in [5.74, 6) is -2.65. The summed E-state index contributed by atoms with van der Waals surface area (Å²) in [4.78, 5) is 38.9. The van der Waals surface area contributed by atoms with E-state index in [-0.39, 0.29) is 11.5 Å². The molecule has 55 heavy (non-hydrogen) atoms. The van der Waals surface area contributed by atoms with Gasteiger partial charge in [0.1, 0.15) is 5.75 Å². The Morgan fingerprint density at radius 3 is 2.20 bits per heavy atom. The molecule has 3 N–H and O–H groups in total. The summed E-state index contributed by atoms with van der Waals surface area (Å²) in [7, 11) is -5.88. The van der Waals surface area contributed by atoms with Gasteiger partial charge in [-0.3, -0.25) is 4.90 Å². The lowest BCUT2D eigenvalue weighted by molar-refractivity contribution is -0.130. The molecular formula is C37H43N7O9S2. The third-order valence-corrected chi connectivity index (χ3v) is 10.8. The number of carbonyl (C=O) groups excluding carboxylic acids is 2. The molecule has 1 atom stereocenters. The Kier molecular flexibility index (Phi) is 11.4. The number of piperazine rings is 1. The number of rotatable bonds is 11. The van der Waals surface area contributed by atoms with Gasteiger partial charge in [-0.25, -0.2) is 24.3 Å². The van der Waals surface area contributed by atoms with Crippen LogP contribution in [0.2, 0.25) is 0 Å². The molecule has 2 aromatic carbocycles. The van der Waals surface area contributed by atoms with Gasteiger partial charge in [-0.2, -0.15) is 22.0 Å². The van der Waals surface area contributed by atoms with Crippen LogP contribution in [0.25, 0.3) is 22.5 Å². The van der Waals surface area contributed by atoms with Crippen LogP contribution in [0.4, 0.5) is 5.95 Å². The van der Waals surface area contributed by atoms with Crippen LogP contribution in [0, 0.1) is 20.8 Å². The lowest BCUT2D eigenvalue weighted by atomic mass is 9.91. The molecular weight excluding hydrogens is 751 g/mol. The van der Waals surface area contributed by atoms with E-state index in [9.17, 15) is 26.4 Å². The molecule has 3 heterocycles. The van der Waals surface area contributed by atoms with E-state index >= 15 is 0 Å². The third kappa shape index (κ3) is 9.57. The number of benzene rings is 2. The maximum Gasteiger partial charge on any atom is 0.412 e. The van der Waals surface area contributed by atoms with Crippen LogP contribution in [0.1, 0.15) is 40.2 Å². The minimum Gasteiger partial charge on any atom is -0.496 e. The average Bonchev–Trinajstić information content (AvgIpc) is 3.48. The third-order valence-electron chi connectivity index (χ3n) is 9.61. The zero-order chi connectivity index (χ0) is 39.7. The number of likely N-dealkylation sites (N-methyl/N-ethyl adjacent to an activating group) is 1. The number of hydrogen-bond acceptors (Lipinski definition) is 13. The topological polar surface area (TPSA) is 205 Å². The van der Waals surface area contributed by atoms with Crippen molar-refractivity contribution >= 4 is 44.1 Å². The quantitative estimate of drug-likeness (QED) is 0.210. The van der Waals surface area contributed by atoms with Crippen molar-refractivity contribution in [2.24, 2.45) is 5.14 Å². The molecule has 0 amide bonds. The molecule has 4 aromatic rings. The molecule has 16 nitrogen and oxygen atoms in total. The van der Waals surface area contributed by atoms with E-state index in [4.69, 9.17) is 14.1 Å². The molecule has 0 spiro atoms. The number of carbonyl (C=O) groups is 2. The molecule has 1 fully saturated rings. The van der Waals surface area contributed by atoms with Crippen molar-refractivity contribution in [3.8, 4) is 22.7 Å². The van der Waals surface area contributed by atoms with Gasteiger partial charge in [-0.1, -0.05) is 12.1 Å². The van der Waals surface area contributed by atoms with E-state index in [1.165, 1.54) is 17.7 Å². The first-order valence-electron chi connectivity index (χ1n) is 17.5. The summed E-state index contributed by atoms with van der Waals surface area (Å²) in [5.41, 5.74) is 6.27. The normalized spacial score (nSPS) is 17.0. The largest absolute Gasteiger partial charge is 0.496 e. The van der Waals surface area contributed by atoms with Crippen molar-refractivity contribution in [1.82, 2.24) is 24.3 Å². The number of nitrogens with two attached hydrogens (primary N) is 1. The van der Waals surface area contributed by atoms with Gasteiger partial charge in [0.2, 0.25) is 5.95 Å². The molecule has 2 aliphatic rings. The monoisotopic (exact) mass is 793 g/mol. The van der Waals surface area contributed by atoms with E-state index < -0.39 is 38.1 Å². The molecule has 1 saturated heterocycles. The Morgan fingerprint density at radius 1 is 0.909 bits per heavy atom. The Bertz CT molecular complexity index is 2350. The van der Waals surface area contributed by atoms with E-state index in [0.29, 0.717) is 23.5 Å². The highest BCUT2D eigenvalue weighted by atomic mass is 32.2. The second-order valence-corrected chi connectivity index (χ2v) is 16.1. The minimum atomic E-state index is -4.88. The number of aromatic nitrogens is 3. The van der Waals surface area contributed by atoms with E-state index in [1.807, 2.05) is 23.8 Å². The minimum absolute atomic E-state index is 0.0240.